The Kier molecular flexibility index (Phi) is 8.77. The monoisotopic (exact) mass is 550 g/mol. The van der Waals surface area contributed by atoms with E-state index in [1.807, 2.05) is 54.6 Å². The second kappa shape index (κ2) is 11.3. The zero-order chi connectivity index (χ0) is 23.9. The van der Waals surface area contributed by atoms with Crippen molar-refractivity contribution in [2.45, 2.75) is 38.3 Å². The lowest BCUT2D eigenvalue weighted by molar-refractivity contribution is 0.162. The molecule has 10 heteroatoms. The molecule has 3 aromatic carbocycles. The molecule has 1 unspecified atom stereocenters. The summed E-state index contributed by atoms with van der Waals surface area (Å²) in [7, 11) is -3.49. The number of fused-ring (bicyclic) bond motifs is 2. The maximum absolute atomic E-state index is 13.2. The van der Waals surface area contributed by atoms with Crippen molar-refractivity contribution in [3.8, 4) is 5.75 Å². The van der Waals surface area contributed by atoms with E-state index in [2.05, 4.69) is 5.32 Å². The fourth-order valence-corrected chi connectivity index (χ4v) is 6.29. The molecule has 5 rings (SSSR count). The van der Waals surface area contributed by atoms with Gasteiger partial charge in [0.25, 0.3) is 0 Å². The van der Waals surface area contributed by atoms with Crippen LogP contribution in [0.15, 0.2) is 54.6 Å². The number of sulfonamides is 1. The first-order valence-corrected chi connectivity index (χ1v) is 13.4. The van der Waals surface area contributed by atoms with E-state index in [0.717, 1.165) is 59.3 Å². The molecular formula is C26H32Cl2N4O3S. The van der Waals surface area contributed by atoms with Gasteiger partial charge in [0.2, 0.25) is 10.0 Å². The van der Waals surface area contributed by atoms with Gasteiger partial charge in [-0.25, -0.2) is 8.42 Å². The lowest BCUT2D eigenvalue weighted by Crippen LogP contribution is -2.34. The summed E-state index contributed by atoms with van der Waals surface area (Å²) < 4.78 is 34.2. The molecule has 194 valence electrons. The summed E-state index contributed by atoms with van der Waals surface area (Å²) in [6, 6.07) is 17.1. The van der Waals surface area contributed by atoms with Gasteiger partial charge >= 0.3 is 0 Å². The molecule has 2 aliphatic heterocycles. The number of ether oxygens (including phenoxy) is 1. The van der Waals surface area contributed by atoms with Crippen LogP contribution in [0.3, 0.4) is 0 Å². The first-order chi connectivity index (χ1) is 16.4. The molecular weight excluding hydrogens is 519 g/mol. The number of anilines is 1. The highest BCUT2D eigenvalue weighted by Crippen LogP contribution is 2.44. The molecule has 0 saturated carbocycles. The predicted molar refractivity (Wildman–Crippen MR) is 151 cm³/mol. The van der Waals surface area contributed by atoms with Crippen LogP contribution in [0.1, 0.15) is 42.5 Å². The van der Waals surface area contributed by atoms with Gasteiger partial charge in [0.15, 0.2) is 0 Å². The average Bonchev–Trinajstić information content (AvgIpc) is 3.23. The van der Waals surface area contributed by atoms with E-state index in [1.54, 1.807) is 11.2 Å². The van der Waals surface area contributed by atoms with Crippen LogP contribution in [-0.4, -0.2) is 39.2 Å². The van der Waals surface area contributed by atoms with Gasteiger partial charge in [-0.1, -0.05) is 24.3 Å². The third-order valence-electron chi connectivity index (χ3n) is 6.80. The summed E-state index contributed by atoms with van der Waals surface area (Å²) in [5, 5.41) is 13.0. The molecule has 2 heterocycles. The minimum absolute atomic E-state index is 0. The van der Waals surface area contributed by atoms with Gasteiger partial charge in [-0.2, -0.15) is 0 Å². The van der Waals surface area contributed by atoms with Crippen LogP contribution in [0.5, 0.6) is 5.75 Å². The Hall–Kier alpha value is -2.52. The van der Waals surface area contributed by atoms with Gasteiger partial charge in [0.1, 0.15) is 17.7 Å². The van der Waals surface area contributed by atoms with Crippen molar-refractivity contribution >= 4 is 57.1 Å². The number of benzene rings is 3. The quantitative estimate of drug-likeness (QED) is 0.308. The van der Waals surface area contributed by atoms with Crippen LogP contribution in [0, 0.1) is 5.41 Å². The Bertz CT molecular complexity index is 1360. The number of nitrogens with one attached hydrogen (secondary N) is 2. The lowest BCUT2D eigenvalue weighted by atomic mass is 9.98. The highest BCUT2D eigenvalue weighted by molar-refractivity contribution is 7.92. The standard InChI is InChI=1S/C26H30N4O3S.2ClH/c1-2-34(31,32)30-24-8-7-23(33-22-9-11-29-12-10-22)15-21(24)16-25(30)18-5-3-17-4-6-19(26(27)28)14-20(17)13-18;;/h3-8,13-15,22,25,29H,2,9-12,16H2,1H3,(H3,27,28);2*1H. The van der Waals surface area contributed by atoms with Crippen molar-refractivity contribution in [2.24, 2.45) is 5.73 Å². The largest absolute Gasteiger partial charge is 0.490 e. The fourth-order valence-electron chi connectivity index (χ4n) is 4.95. The topological polar surface area (TPSA) is 109 Å². The second-order valence-corrected chi connectivity index (χ2v) is 11.1. The Morgan fingerprint density at radius 2 is 1.78 bits per heavy atom. The van der Waals surface area contributed by atoms with Crippen LogP contribution in [0.2, 0.25) is 0 Å². The Morgan fingerprint density at radius 1 is 1.06 bits per heavy atom. The number of nitrogen functional groups attached to an aromatic ring is 1. The highest BCUT2D eigenvalue weighted by Gasteiger charge is 2.38. The van der Waals surface area contributed by atoms with E-state index in [4.69, 9.17) is 15.9 Å². The third-order valence-corrected chi connectivity index (χ3v) is 8.58. The first kappa shape index (κ1) is 28.1. The van der Waals surface area contributed by atoms with Gasteiger partial charge in [-0.05, 0) is 85.1 Å². The van der Waals surface area contributed by atoms with E-state index in [9.17, 15) is 8.42 Å². The van der Waals surface area contributed by atoms with Crippen molar-refractivity contribution in [1.29, 1.82) is 5.41 Å². The van der Waals surface area contributed by atoms with E-state index in [0.29, 0.717) is 12.0 Å². The molecule has 1 saturated heterocycles. The van der Waals surface area contributed by atoms with Gasteiger partial charge in [0, 0.05) is 12.0 Å². The summed E-state index contributed by atoms with van der Waals surface area (Å²) >= 11 is 0. The molecule has 4 N–H and O–H groups in total. The van der Waals surface area contributed by atoms with Crippen LogP contribution < -0.4 is 20.1 Å². The molecule has 0 amide bonds. The first-order valence-electron chi connectivity index (χ1n) is 11.8. The number of hydrogen-bond donors (Lipinski definition) is 3. The van der Waals surface area contributed by atoms with Crippen molar-refractivity contribution < 1.29 is 13.2 Å². The Labute approximate surface area is 224 Å². The smallest absolute Gasteiger partial charge is 0.235 e. The van der Waals surface area contributed by atoms with Gasteiger partial charge < -0.3 is 15.8 Å². The summed E-state index contributed by atoms with van der Waals surface area (Å²) in [5.74, 6) is 0.833. The number of piperidine rings is 1. The normalized spacial score (nSPS) is 17.7. The minimum atomic E-state index is -3.49. The molecule has 2 aliphatic rings. The van der Waals surface area contributed by atoms with Crippen LogP contribution >= 0.6 is 24.8 Å². The third kappa shape index (κ3) is 5.42. The van der Waals surface area contributed by atoms with E-state index >= 15 is 0 Å². The number of halogens is 2. The molecule has 7 nitrogen and oxygen atoms in total. The molecule has 0 aromatic heterocycles. The molecule has 3 aromatic rings. The highest BCUT2D eigenvalue weighted by atomic mass is 35.5. The summed E-state index contributed by atoms with van der Waals surface area (Å²) in [6.45, 7) is 3.58. The Balaban J connectivity index is 0.00000180. The number of rotatable bonds is 6. The summed E-state index contributed by atoms with van der Waals surface area (Å²) in [5.41, 5.74) is 8.95. The van der Waals surface area contributed by atoms with Crippen LogP contribution in [0.25, 0.3) is 10.8 Å². The molecule has 1 atom stereocenters. The van der Waals surface area contributed by atoms with Gasteiger partial charge in [-0.15, -0.1) is 24.8 Å². The van der Waals surface area contributed by atoms with Crippen molar-refractivity contribution in [3.05, 3.63) is 71.3 Å². The summed E-state index contributed by atoms with van der Waals surface area (Å²) in [4.78, 5) is 0. The SMILES string of the molecule is CCS(=O)(=O)N1c2ccc(OC3CCNCC3)cc2CC1c1ccc2ccc(C(=N)N)cc2c1.Cl.Cl. The number of nitrogens with zero attached hydrogens (tertiary/aromatic N) is 1. The Morgan fingerprint density at radius 3 is 2.47 bits per heavy atom. The predicted octanol–water partition coefficient (Wildman–Crippen LogP) is 4.55. The zero-order valence-corrected chi connectivity index (χ0v) is 22.5. The maximum atomic E-state index is 13.2. The molecule has 0 radical (unpaired) electrons. The minimum Gasteiger partial charge on any atom is -0.490 e. The average molecular weight is 552 g/mol. The number of nitrogens with two attached hydrogens (primary N) is 1. The maximum Gasteiger partial charge on any atom is 0.235 e. The fraction of sp³-hybridized carbons (Fsp3) is 0.346. The molecule has 0 aliphatic carbocycles. The van der Waals surface area contributed by atoms with Gasteiger partial charge in [-0.3, -0.25) is 9.71 Å². The molecule has 0 bridgehead atoms. The van der Waals surface area contributed by atoms with E-state index in [1.165, 1.54) is 0 Å². The lowest BCUT2D eigenvalue weighted by Gasteiger charge is -2.27. The number of amidine groups is 1. The number of hydrogen-bond acceptors (Lipinski definition) is 5. The molecule has 36 heavy (non-hydrogen) atoms. The summed E-state index contributed by atoms with van der Waals surface area (Å²) in [6.07, 6.45) is 2.70. The van der Waals surface area contributed by atoms with Gasteiger partial charge in [0.05, 0.1) is 17.5 Å². The zero-order valence-electron chi connectivity index (χ0n) is 20.1. The van der Waals surface area contributed by atoms with Crippen LogP contribution in [0.4, 0.5) is 5.69 Å². The molecule has 1 fully saturated rings. The van der Waals surface area contributed by atoms with Crippen molar-refractivity contribution in [2.75, 3.05) is 23.1 Å². The van der Waals surface area contributed by atoms with Crippen LogP contribution in [-0.2, 0) is 16.4 Å². The van der Waals surface area contributed by atoms with E-state index in [-0.39, 0.29) is 48.5 Å². The van der Waals surface area contributed by atoms with Crippen molar-refractivity contribution in [3.63, 3.8) is 0 Å². The van der Waals surface area contributed by atoms with E-state index < -0.39 is 10.0 Å². The second-order valence-electron chi connectivity index (χ2n) is 9.01. The van der Waals surface area contributed by atoms with Crippen molar-refractivity contribution in [1.82, 2.24) is 5.32 Å². The molecule has 0 spiro atoms.